The van der Waals surface area contributed by atoms with Crippen LogP contribution in [0.15, 0.2) is 0 Å². The summed E-state index contributed by atoms with van der Waals surface area (Å²) in [7, 11) is 0. The summed E-state index contributed by atoms with van der Waals surface area (Å²) in [6.07, 6.45) is 13.0. The Morgan fingerprint density at radius 3 is 0.476 bits per heavy atom. The van der Waals surface area contributed by atoms with Crippen LogP contribution in [0.25, 0.3) is 0 Å². The van der Waals surface area contributed by atoms with Gasteiger partial charge < -0.3 is 125 Å². The zero-order valence-electron chi connectivity index (χ0n) is 49.8. The third kappa shape index (κ3) is 60.6. The van der Waals surface area contributed by atoms with E-state index in [9.17, 15) is 0 Å². The van der Waals surface area contributed by atoms with Gasteiger partial charge >= 0.3 is 0 Å². The maximum Gasteiger partial charge on any atom is 0.157 e. The Labute approximate surface area is 489 Å². The number of ether oxygens (including phenoxy) is 22. The third-order valence-electron chi connectivity index (χ3n) is 11.3. The van der Waals surface area contributed by atoms with Crippen LogP contribution in [0, 0.1) is 0 Å². The molecule has 0 amide bonds. The summed E-state index contributed by atoms with van der Waals surface area (Å²) in [6.45, 7) is 19.9. The molecule has 4 saturated heterocycles. The molecule has 0 aromatic heterocycles. The van der Waals surface area contributed by atoms with Gasteiger partial charge in [0.2, 0.25) is 0 Å². The Bertz CT molecular complexity index is 1160. The van der Waals surface area contributed by atoms with E-state index in [2.05, 4.69) is 0 Å². The van der Waals surface area contributed by atoms with Crippen LogP contribution in [0.4, 0.5) is 0 Å². The molecule has 26 heteroatoms. The van der Waals surface area contributed by atoms with E-state index in [1.807, 2.05) is 0 Å². The zero-order valence-corrected chi connectivity index (χ0v) is 49.8. The molecule has 26 nitrogen and oxygen atoms in total. The molecule has 0 bridgehead atoms. The molecule has 0 radical (unpaired) electrons. The predicted octanol–water partition coefficient (Wildman–Crippen LogP) is 2.32. The molecule has 0 aliphatic carbocycles. The van der Waals surface area contributed by atoms with Crippen molar-refractivity contribution < 1.29 is 125 Å². The number of hydrogen-bond acceptors (Lipinski definition) is 26. The molecule has 4 heterocycles. The van der Waals surface area contributed by atoms with Gasteiger partial charge in [0.1, 0.15) is 0 Å². The monoisotopic (exact) mass is 1200 g/mol. The SMILES string of the molecule is OCCOCCOCCOC1CCCCO1.OCCOCCOCCOCCOC1CCCCO1.OCCOCCOCCOCCOCCOC1CCCCO1.OCCOCCOCCOCCOCCOCCOC1CCCCO1. The Hall–Kier alpha value is -1.04. The molecular weight excluding hydrogens is 1090 g/mol. The van der Waals surface area contributed by atoms with Crippen LogP contribution in [0.1, 0.15) is 77.0 Å². The molecular formula is C56H112O26. The lowest BCUT2D eigenvalue weighted by Gasteiger charge is -2.22. The van der Waals surface area contributed by atoms with Gasteiger partial charge in [-0.25, -0.2) is 0 Å². The number of aliphatic hydroxyl groups is 4. The molecule has 4 N–H and O–H groups in total. The topological polar surface area (TPSA) is 284 Å². The normalized spacial score (nSPS) is 19.2. The van der Waals surface area contributed by atoms with Crippen molar-refractivity contribution >= 4 is 0 Å². The average molecular weight is 1200 g/mol. The lowest BCUT2D eigenvalue weighted by atomic mass is 10.2. The summed E-state index contributed by atoms with van der Waals surface area (Å²) < 4.78 is 118. The van der Waals surface area contributed by atoms with Crippen LogP contribution in [0.5, 0.6) is 0 Å². The fourth-order valence-corrected chi connectivity index (χ4v) is 7.19. The van der Waals surface area contributed by atoms with Gasteiger partial charge in [-0.15, -0.1) is 0 Å². The Balaban J connectivity index is 0.000000553. The van der Waals surface area contributed by atoms with Crippen molar-refractivity contribution in [1.82, 2.24) is 0 Å². The number of rotatable bonds is 54. The lowest BCUT2D eigenvalue weighted by Crippen LogP contribution is -2.24. The molecule has 4 fully saturated rings. The molecule has 0 saturated carbocycles. The molecule has 4 unspecified atom stereocenters. The van der Waals surface area contributed by atoms with Crippen LogP contribution in [-0.4, -0.2) is 310 Å². The molecule has 4 aliphatic heterocycles. The fourth-order valence-electron chi connectivity index (χ4n) is 7.19. The fraction of sp³-hybridized carbons (Fsp3) is 1.00. The van der Waals surface area contributed by atoms with Crippen LogP contribution < -0.4 is 0 Å². The highest BCUT2D eigenvalue weighted by Crippen LogP contribution is 2.16. The van der Waals surface area contributed by atoms with E-state index in [0.29, 0.717) is 211 Å². The van der Waals surface area contributed by atoms with E-state index in [1.165, 1.54) is 25.7 Å². The standard InChI is InChI=1S/C17H34O8.C15H30O7.C13H26O6.C11H22O5/c18-4-6-19-7-8-20-9-10-21-11-12-22-13-14-23-15-16-25-17-3-1-2-5-24-17;16-4-6-17-7-8-18-9-10-19-11-12-20-13-14-22-15-3-1-2-5-21-15;14-4-6-15-7-8-16-9-10-17-11-12-19-13-3-1-2-5-18-13;12-4-6-13-7-8-14-9-10-16-11-3-1-2-5-15-11/h17-18H,1-16H2;15-16H,1-14H2;13-14H,1-12H2;11-12H,1-10H2. The van der Waals surface area contributed by atoms with Gasteiger partial charge in [-0.1, -0.05) is 0 Å². The first kappa shape index (κ1) is 79.0. The minimum absolute atomic E-state index is 0.0389. The predicted molar refractivity (Wildman–Crippen MR) is 298 cm³/mol. The molecule has 0 spiro atoms. The molecule has 4 atom stereocenters. The average Bonchev–Trinajstić information content (AvgIpc) is 3.52. The van der Waals surface area contributed by atoms with E-state index in [0.717, 1.165) is 77.8 Å². The molecule has 4 rings (SSSR count). The summed E-state index contributed by atoms with van der Waals surface area (Å²) in [4.78, 5) is 0. The number of hydrogen-bond donors (Lipinski definition) is 4. The zero-order chi connectivity index (χ0) is 58.6. The van der Waals surface area contributed by atoms with Crippen LogP contribution in [0.3, 0.4) is 0 Å². The van der Waals surface area contributed by atoms with E-state index in [4.69, 9.17) is 125 Å². The van der Waals surface area contributed by atoms with Crippen molar-refractivity contribution in [2.75, 3.05) is 264 Å². The van der Waals surface area contributed by atoms with Crippen LogP contribution in [-0.2, 0) is 104 Å². The lowest BCUT2D eigenvalue weighted by molar-refractivity contribution is -0.169. The highest BCUT2D eigenvalue weighted by Gasteiger charge is 2.16. The molecule has 0 aromatic carbocycles. The van der Waals surface area contributed by atoms with E-state index in [-0.39, 0.29) is 51.6 Å². The quantitative estimate of drug-likeness (QED) is 0.0636. The van der Waals surface area contributed by atoms with Crippen molar-refractivity contribution in [2.24, 2.45) is 0 Å². The summed E-state index contributed by atoms with van der Waals surface area (Å²) >= 11 is 0. The second-order valence-corrected chi connectivity index (χ2v) is 18.1. The Kier molecular flexibility index (Phi) is 66.5. The van der Waals surface area contributed by atoms with Crippen molar-refractivity contribution in [3.05, 3.63) is 0 Å². The third-order valence-corrected chi connectivity index (χ3v) is 11.3. The summed E-state index contributed by atoms with van der Waals surface area (Å²) in [5.74, 6) is 0. The van der Waals surface area contributed by atoms with Crippen molar-refractivity contribution in [3.63, 3.8) is 0 Å². The van der Waals surface area contributed by atoms with E-state index < -0.39 is 0 Å². The van der Waals surface area contributed by atoms with Crippen molar-refractivity contribution in [2.45, 2.75) is 102 Å². The second-order valence-electron chi connectivity index (χ2n) is 18.1. The van der Waals surface area contributed by atoms with E-state index >= 15 is 0 Å². The Morgan fingerprint density at radius 2 is 0.341 bits per heavy atom. The largest absolute Gasteiger partial charge is 0.394 e. The van der Waals surface area contributed by atoms with Gasteiger partial charge in [0, 0.05) is 26.4 Å². The van der Waals surface area contributed by atoms with Crippen LogP contribution in [0.2, 0.25) is 0 Å². The number of aliphatic hydroxyl groups excluding tert-OH is 4. The van der Waals surface area contributed by atoms with Crippen LogP contribution >= 0.6 is 0 Å². The summed E-state index contributed by atoms with van der Waals surface area (Å²) in [6, 6.07) is 0. The molecule has 0 aromatic rings. The van der Waals surface area contributed by atoms with E-state index in [1.54, 1.807) is 0 Å². The van der Waals surface area contributed by atoms with Gasteiger partial charge in [-0.2, -0.15) is 0 Å². The Morgan fingerprint density at radius 1 is 0.195 bits per heavy atom. The maximum absolute atomic E-state index is 8.52. The second kappa shape index (κ2) is 69.1. The van der Waals surface area contributed by atoms with Gasteiger partial charge in [0.05, 0.1) is 238 Å². The first-order valence-corrected chi connectivity index (χ1v) is 30.2. The van der Waals surface area contributed by atoms with Gasteiger partial charge in [0.15, 0.2) is 25.2 Å². The molecule has 82 heavy (non-hydrogen) atoms. The van der Waals surface area contributed by atoms with Crippen molar-refractivity contribution in [1.29, 1.82) is 0 Å². The summed E-state index contributed by atoms with van der Waals surface area (Å²) in [5.41, 5.74) is 0. The van der Waals surface area contributed by atoms with Gasteiger partial charge in [0.25, 0.3) is 0 Å². The minimum Gasteiger partial charge on any atom is -0.394 e. The minimum atomic E-state index is -0.0530. The summed E-state index contributed by atoms with van der Waals surface area (Å²) in [5, 5.41) is 33.9. The maximum atomic E-state index is 8.52. The highest BCUT2D eigenvalue weighted by atomic mass is 16.7. The molecule has 492 valence electrons. The first-order valence-electron chi connectivity index (χ1n) is 30.2. The van der Waals surface area contributed by atoms with Gasteiger partial charge in [-0.05, 0) is 77.0 Å². The van der Waals surface area contributed by atoms with Gasteiger partial charge in [-0.3, -0.25) is 0 Å². The van der Waals surface area contributed by atoms with Crippen molar-refractivity contribution in [3.8, 4) is 0 Å². The highest BCUT2D eigenvalue weighted by molar-refractivity contribution is 4.57. The first-order chi connectivity index (χ1) is 40.7. The molecule has 4 aliphatic rings. The smallest absolute Gasteiger partial charge is 0.157 e.